The minimum Gasteiger partial charge on any atom is -0.309 e. The smallest absolute Gasteiger partial charge is 0.0549 e. The Hall–Kier alpha value is -6.18. The van der Waals surface area contributed by atoms with E-state index in [-0.39, 0.29) is 5.41 Å². The Balaban J connectivity index is 1.33. The molecule has 1 aliphatic carbocycles. The van der Waals surface area contributed by atoms with Crippen LogP contribution in [0.5, 0.6) is 0 Å². The van der Waals surface area contributed by atoms with Gasteiger partial charge in [0.2, 0.25) is 0 Å². The quantitative estimate of drug-likeness (QED) is 0.175. The zero-order chi connectivity index (χ0) is 33.7. The van der Waals surface area contributed by atoms with Gasteiger partial charge in [0.05, 0.1) is 11.4 Å². The largest absolute Gasteiger partial charge is 0.309 e. The molecule has 0 aromatic heterocycles. The average Bonchev–Trinajstić information content (AvgIpc) is 3.43. The molecule has 238 valence electrons. The van der Waals surface area contributed by atoms with Crippen molar-refractivity contribution in [3.8, 4) is 44.5 Å². The highest BCUT2D eigenvalue weighted by molar-refractivity contribution is 6.07. The number of para-hydroxylation sites is 1. The first-order valence-corrected chi connectivity index (χ1v) is 17.4. The fourth-order valence-electron chi connectivity index (χ4n) is 8.08. The second-order valence-corrected chi connectivity index (χ2v) is 13.8. The molecule has 1 nitrogen and oxygen atoms in total. The van der Waals surface area contributed by atoms with Gasteiger partial charge in [0.25, 0.3) is 0 Å². The van der Waals surface area contributed by atoms with Gasteiger partial charge in [-0.05, 0) is 85.6 Å². The SMILES string of the molecule is CC1(C)c2ccccc2-c2c(N(c3cccc(-c4cccc(-c5ccccc5)c4)c3)c3ccccc3-c3ccccc3)cc3ccccc3c21. The van der Waals surface area contributed by atoms with E-state index in [4.69, 9.17) is 0 Å². The third-order valence-corrected chi connectivity index (χ3v) is 10.4. The Morgan fingerprint density at radius 1 is 0.400 bits per heavy atom. The van der Waals surface area contributed by atoms with Crippen molar-refractivity contribution < 1.29 is 0 Å². The molecular weight excluding hydrogens is 603 g/mol. The summed E-state index contributed by atoms with van der Waals surface area (Å²) in [7, 11) is 0. The van der Waals surface area contributed by atoms with Gasteiger partial charge < -0.3 is 4.90 Å². The number of benzene rings is 8. The molecule has 1 aliphatic rings. The van der Waals surface area contributed by atoms with Crippen molar-refractivity contribution in [2.24, 2.45) is 0 Å². The number of anilines is 3. The summed E-state index contributed by atoms with van der Waals surface area (Å²) in [4.78, 5) is 2.51. The molecule has 0 radical (unpaired) electrons. The van der Waals surface area contributed by atoms with E-state index in [1.807, 2.05) is 0 Å². The van der Waals surface area contributed by atoms with Crippen molar-refractivity contribution in [1.82, 2.24) is 0 Å². The Kier molecular flexibility index (Phi) is 7.21. The predicted octanol–water partition coefficient (Wildman–Crippen LogP) is 13.6. The van der Waals surface area contributed by atoms with Crippen molar-refractivity contribution in [1.29, 1.82) is 0 Å². The van der Waals surface area contributed by atoms with E-state index in [1.54, 1.807) is 0 Å². The van der Waals surface area contributed by atoms with Crippen LogP contribution >= 0.6 is 0 Å². The van der Waals surface area contributed by atoms with Gasteiger partial charge in [0.1, 0.15) is 0 Å². The van der Waals surface area contributed by atoms with Crippen LogP contribution in [0.4, 0.5) is 17.1 Å². The molecule has 0 N–H and O–H groups in total. The molecule has 0 saturated carbocycles. The number of hydrogen-bond acceptors (Lipinski definition) is 1. The van der Waals surface area contributed by atoms with E-state index in [0.717, 1.165) is 11.4 Å². The molecule has 0 heterocycles. The fourth-order valence-corrected chi connectivity index (χ4v) is 8.08. The van der Waals surface area contributed by atoms with E-state index in [9.17, 15) is 0 Å². The monoisotopic (exact) mass is 639 g/mol. The molecule has 9 rings (SSSR count). The molecule has 8 aromatic carbocycles. The molecule has 0 atom stereocenters. The van der Waals surface area contributed by atoms with Crippen LogP contribution < -0.4 is 4.90 Å². The molecule has 50 heavy (non-hydrogen) atoms. The van der Waals surface area contributed by atoms with Gasteiger partial charge in [-0.1, -0.05) is 172 Å². The van der Waals surface area contributed by atoms with E-state index in [1.165, 1.54) is 72.1 Å². The summed E-state index contributed by atoms with van der Waals surface area (Å²) in [5, 5.41) is 2.56. The van der Waals surface area contributed by atoms with Crippen molar-refractivity contribution in [2.45, 2.75) is 19.3 Å². The second kappa shape index (κ2) is 12.1. The highest BCUT2D eigenvalue weighted by atomic mass is 15.1. The molecule has 8 aromatic rings. The normalized spacial score (nSPS) is 12.8. The predicted molar refractivity (Wildman–Crippen MR) is 213 cm³/mol. The average molecular weight is 640 g/mol. The zero-order valence-corrected chi connectivity index (χ0v) is 28.3. The first-order valence-electron chi connectivity index (χ1n) is 17.4. The first kappa shape index (κ1) is 29.9. The summed E-state index contributed by atoms with van der Waals surface area (Å²) < 4.78 is 0. The van der Waals surface area contributed by atoms with Gasteiger partial charge >= 0.3 is 0 Å². The third kappa shape index (κ3) is 4.94. The van der Waals surface area contributed by atoms with Gasteiger partial charge in [-0.2, -0.15) is 0 Å². The van der Waals surface area contributed by atoms with E-state index < -0.39 is 0 Å². The number of rotatable bonds is 6. The molecule has 0 bridgehead atoms. The number of hydrogen-bond donors (Lipinski definition) is 0. The topological polar surface area (TPSA) is 3.24 Å². The van der Waals surface area contributed by atoms with Crippen LogP contribution in [0.1, 0.15) is 25.0 Å². The Morgan fingerprint density at radius 3 is 1.74 bits per heavy atom. The summed E-state index contributed by atoms with van der Waals surface area (Å²) >= 11 is 0. The van der Waals surface area contributed by atoms with E-state index in [2.05, 4.69) is 207 Å². The van der Waals surface area contributed by atoms with E-state index >= 15 is 0 Å². The molecule has 1 heteroatoms. The number of fused-ring (bicyclic) bond motifs is 5. The first-order chi connectivity index (χ1) is 24.6. The third-order valence-electron chi connectivity index (χ3n) is 10.4. The van der Waals surface area contributed by atoms with Crippen LogP contribution in [0.2, 0.25) is 0 Å². The molecular formula is C49H37N. The summed E-state index contributed by atoms with van der Waals surface area (Å²) in [6, 6.07) is 68.5. The molecule has 0 unspecified atom stereocenters. The van der Waals surface area contributed by atoms with Crippen molar-refractivity contribution in [3.63, 3.8) is 0 Å². The van der Waals surface area contributed by atoms with Crippen LogP contribution in [-0.2, 0) is 5.41 Å². The molecule has 0 spiro atoms. The summed E-state index contributed by atoms with van der Waals surface area (Å²) in [5.74, 6) is 0. The lowest BCUT2D eigenvalue weighted by atomic mass is 9.80. The zero-order valence-electron chi connectivity index (χ0n) is 28.3. The molecule has 0 fully saturated rings. The van der Waals surface area contributed by atoms with Crippen molar-refractivity contribution in [2.75, 3.05) is 4.90 Å². The lowest BCUT2D eigenvalue weighted by molar-refractivity contribution is 0.666. The van der Waals surface area contributed by atoms with Crippen LogP contribution in [0.3, 0.4) is 0 Å². The van der Waals surface area contributed by atoms with Crippen molar-refractivity contribution >= 4 is 27.8 Å². The summed E-state index contributed by atoms with van der Waals surface area (Å²) in [6.45, 7) is 4.77. The van der Waals surface area contributed by atoms with Gasteiger partial charge in [-0.25, -0.2) is 0 Å². The van der Waals surface area contributed by atoms with Crippen LogP contribution in [0, 0.1) is 0 Å². The number of nitrogens with zero attached hydrogens (tertiary/aromatic N) is 1. The highest BCUT2D eigenvalue weighted by Gasteiger charge is 2.39. The van der Waals surface area contributed by atoms with Crippen LogP contribution in [0.15, 0.2) is 188 Å². The minimum absolute atomic E-state index is 0.161. The second-order valence-electron chi connectivity index (χ2n) is 13.8. The maximum atomic E-state index is 2.51. The maximum Gasteiger partial charge on any atom is 0.0549 e. The Morgan fingerprint density at radius 2 is 0.960 bits per heavy atom. The van der Waals surface area contributed by atoms with Gasteiger partial charge in [0, 0.05) is 22.2 Å². The fraction of sp³-hybridized carbons (Fsp3) is 0.0612. The lowest BCUT2D eigenvalue weighted by Gasteiger charge is -2.32. The summed E-state index contributed by atoms with van der Waals surface area (Å²) in [6.07, 6.45) is 0. The summed E-state index contributed by atoms with van der Waals surface area (Å²) in [5.41, 5.74) is 15.9. The van der Waals surface area contributed by atoms with Crippen LogP contribution in [-0.4, -0.2) is 0 Å². The Bertz CT molecular complexity index is 2510. The van der Waals surface area contributed by atoms with Gasteiger partial charge in [-0.15, -0.1) is 0 Å². The van der Waals surface area contributed by atoms with Crippen LogP contribution in [0.25, 0.3) is 55.3 Å². The van der Waals surface area contributed by atoms with E-state index in [0.29, 0.717) is 0 Å². The molecule has 0 amide bonds. The Labute approximate surface area is 294 Å². The maximum absolute atomic E-state index is 2.51. The van der Waals surface area contributed by atoms with Gasteiger partial charge in [-0.3, -0.25) is 0 Å². The molecule has 0 aliphatic heterocycles. The highest BCUT2D eigenvalue weighted by Crippen LogP contribution is 2.57. The standard InChI is InChI=1S/C49H37N/c1-49(2)44-29-13-11-28-43(44)47-46(33-39-21-9-10-27-42(39)48(47)49)50(45-30-14-12-26-41(45)35-19-7-4-8-20-35)40-25-16-24-38(32-40)37-23-15-22-36(31-37)34-17-5-3-6-18-34/h3-33H,1-2H3. The lowest BCUT2D eigenvalue weighted by Crippen LogP contribution is -2.17. The van der Waals surface area contributed by atoms with Crippen molar-refractivity contribution in [3.05, 3.63) is 199 Å². The minimum atomic E-state index is -0.161. The van der Waals surface area contributed by atoms with Gasteiger partial charge in [0.15, 0.2) is 0 Å². The molecule has 0 saturated heterocycles.